The number of nitrogens with two attached hydrogens (primary N) is 1. The predicted octanol–water partition coefficient (Wildman–Crippen LogP) is 3.69. The minimum absolute atomic E-state index is 0.646. The number of oxazole rings is 1. The Morgan fingerprint density at radius 1 is 1.06 bits per heavy atom. The van der Waals surface area contributed by atoms with Crippen LogP contribution in [-0.4, -0.2) is 4.98 Å². The SMILES string of the molecule is Cc1ccc2nc(-c3ccc(N)cc3C)oc2c1. The Morgan fingerprint density at radius 2 is 1.89 bits per heavy atom. The highest BCUT2D eigenvalue weighted by Crippen LogP contribution is 2.28. The van der Waals surface area contributed by atoms with E-state index in [1.165, 1.54) is 5.56 Å². The maximum atomic E-state index is 5.80. The Kier molecular flexibility index (Phi) is 2.33. The molecule has 2 aromatic carbocycles. The van der Waals surface area contributed by atoms with Crippen LogP contribution in [-0.2, 0) is 0 Å². The number of anilines is 1. The highest BCUT2D eigenvalue weighted by Gasteiger charge is 2.10. The molecule has 1 aromatic heterocycles. The predicted molar refractivity (Wildman–Crippen MR) is 73.3 cm³/mol. The van der Waals surface area contributed by atoms with Crippen LogP contribution in [0.1, 0.15) is 11.1 Å². The van der Waals surface area contributed by atoms with E-state index >= 15 is 0 Å². The zero-order chi connectivity index (χ0) is 12.7. The fraction of sp³-hybridized carbons (Fsp3) is 0.133. The van der Waals surface area contributed by atoms with Crippen LogP contribution in [0.15, 0.2) is 40.8 Å². The van der Waals surface area contributed by atoms with Crippen molar-refractivity contribution in [3.63, 3.8) is 0 Å². The molecule has 0 aliphatic carbocycles. The van der Waals surface area contributed by atoms with Gasteiger partial charge in [0.05, 0.1) is 0 Å². The van der Waals surface area contributed by atoms with E-state index in [1.54, 1.807) is 0 Å². The standard InChI is InChI=1S/C15H14N2O/c1-9-3-6-13-14(7-9)18-15(17-13)12-5-4-11(16)8-10(12)2/h3-8H,16H2,1-2H3. The smallest absolute Gasteiger partial charge is 0.227 e. The zero-order valence-electron chi connectivity index (χ0n) is 10.4. The molecule has 0 bridgehead atoms. The van der Waals surface area contributed by atoms with Gasteiger partial charge < -0.3 is 10.2 Å². The first-order chi connectivity index (χ1) is 8.63. The molecule has 18 heavy (non-hydrogen) atoms. The molecule has 0 saturated carbocycles. The van der Waals surface area contributed by atoms with Gasteiger partial charge in [0.1, 0.15) is 5.52 Å². The molecule has 2 N–H and O–H groups in total. The van der Waals surface area contributed by atoms with Crippen molar-refractivity contribution in [2.45, 2.75) is 13.8 Å². The maximum Gasteiger partial charge on any atom is 0.227 e. The molecule has 3 rings (SSSR count). The summed E-state index contributed by atoms with van der Waals surface area (Å²) in [6.45, 7) is 4.04. The summed E-state index contributed by atoms with van der Waals surface area (Å²) in [5.74, 6) is 0.646. The lowest BCUT2D eigenvalue weighted by Crippen LogP contribution is -1.88. The molecule has 0 unspecified atom stereocenters. The van der Waals surface area contributed by atoms with Crippen molar-refractivity contribution in [2.75, 3.05) is 5.73 Å². The Morgan fingerprint density at radius 3 is 2.67 bits per heavy atom. The van der Waals surface area contributed by atoms with Crippen LogP contribution in [0, 0.1) is 13.8 Å². The molecule has 0 atom stereocenters. The molecule has 0 spiro atoms. The summed E-state index contributed by atoms with van der Waals surface area (Å²) in [4.78, 5) is 4.51. The van der Waals surface area contributed by atoms with Crippen LogP contribution in [0.2, 0.25) is 0 Å². The molecule has 0 saturated heterocycles. The van der Waals surface area contributed by atoms with E-state index in [9.17, 15) is 0 Å². The number of rotatable bonds is 1. The first-order valence-electron chi connectivity index (χ1n) is 5.87. The molecule has 0 radical (unpaired) electrons. The number of aryl methyl sites for hydroxylation is 2. The van der Waals surface area contributed by atoms with Crippen molar-refractivity contribution < 1.29 is 4.42 Å². The summed E-state index contributed by atoms with van der Waals surface area (Å²) in [7, 11) is 0. The molecular formula is C15H14N2O. The minimum atomic E-state index is 0.646. The van der Waals surface area contributed by atoms with E-state index in [1.807, 2.05) is 50.2 Å². The Hall–Kier alpha value is -2.29. The molecule has 0 aliphatic rings. The summed E-state index contributed by atoms with van der Waals surface area (Å²) in [6.07, 6.45) is 0. The number of hydrogen-bond acceptors (Lipinski definition) is 3. The number of nitrogen functional groups attached to an aromatic ring is 1. The van der Waals surface area contributed by atoms with Gasteiger partial charge in [-0.2, -0.15) is 0 Å². The van der Waals surface area contributed by atoms with Gasteiger partial charge in [-0.3, -0.25) is 0 Å². The first-order valence-corrected chi connectivity index (χ1v) is 5.87. The van der Waals surface area contributed by atoms with Crippen molar-refractivity contribution >= 4 is 16.8 Å². The molecule has 0 amide bonds. The summed E-state index contributed by atoms with van der Waals surface area (Å²) in [5, 5.41) is 0. The van der Waals surface area contributed by atoms with Gasteiger partial charge in [-0.05, 0) is 55.3 Å². The Labute approximate surface area is 105 Å². The highest BCUT2D eigenvalue weighted by atomic mass is 16.3. The van der Waals surface area contributed by atoms with Crippen molar-refractivity contribution in [3.05, 3.63) is 47.5 Å². The van der Waals surface area contributed by atoms with Gasteiger partial charge in [-0.1, -0.05) is 6.07 Å². The van der Waals surface area contributed by atoms with Gasteiger partial charge >= 0.3 is 0 Å². The van der Waals surface area contributed by atoms with Gasteiger partial charge in [0.25, 0.3) is 0 Å². The Bertz CT molecular complexity index is 728. The summed E-state index contributed by atoms with van der Waals surface area (Å²) < 4.78 is 5.80. The second-order valence-corrected chi connectivity index (χ2v) is 4.56. The van der Waals surface area contributed by atoms with E-state index in [2.05, 4.69) is 4.98 Å². The highest BCUT2D eigenvalue weighted by molar-refractivity contribution is 5.77. The lowest BCUT2D eigenvalue weighted by molar-refractivity contribution is 0.619. The molecule has 3 aromatic rings. The van der Waals surface area contributed by atoms with Gasteiger partial charge in [0.15, 0.2) is 5.58 Å². The van der Waals surface area contributed by atoms with E-state index in [4.69, 9.17) is 10.2 Å². The quantitative estimate of drug-likeness (QED) is 0.658. The summed E-state index contributed by atoms with van der Waals surface area (Å²) in [5.41, 5.74) is 11.4. The molecule has 3 heteroatoms. The van der Waals surface area contributed by atoms with Crippen LogP contribution in [0.25, 0.3) is 22.6 Å². The number of aromatic nitrogens is 1. The van der Waals surface area contributed by atoms with Gasteiger partial charge in [0.2, 0.25) is 5.89 Å². The lowest BCUT2D eigenvalue weighted by Gasteiger charge is -2.01. The number of nitrogens with zero attached hydrogens (tertiary/aromatic N) is 1. The molecule has 0 aliphatic heterocycles. The summed E-state index contributed by atoms with van der Waals surface area (Å²) >= 11 is 0. The number of benzene rings is 2. The van der Waals surface area contributed by atoms with E-state index in [0.717, 1.165) is 27.9 Å². The van der Waals surface area contributed by atoms with Crippen LogP contribution < -0.4 is 5.73 Å². The average molecular weight is 238 g/mol. The van der Waals surface area contributed by atoms with Crippen LogP contribution in [0.5, 0.6) is 0 Å². The molecule has 3 nitrogen and oxygen atoms in total. The van der Waals surface area contributed by atoms with Gasteiger partial charge in [0, 0.05) is 11.3 Å². The molecule has 0 fully saturated rings. The van der Waals surface area contributed by atoms with Crippen molar-refractivity contribution in [1.29, 1.82) is 0 Å². The fourth-order valence-corrected chi connectivity index (χ4v) is 2.07. The van der Waals surface area contributed by atoms with Crippen LogP contribution in [0.4, 0.5) is 5.69 Å². The number of hydrogen-bond donors (Lipinski definition) is 1. The third kappa shape index (κ3) is 1.74. The topological polar surface area (TPSA) is 52.0 Å². The first kappa shape index (κ1) is 10.8. The molecule has 1 heterocycles. The minimum Gasteiger partial charge on any atom is -0.436 e. The second-order valence-electron chi connectivity index (χ2n) is 4.56. The Balaban J connectivity index is 2.19. The largest absolute Gasteiger partial charge is 0.436 e. The van der Waals surface area contributed by atoms with Crippen molar-refractivity contribution in [1.82, 2.24) is 4.98 Å². The monoisotopic (exact) mass is 238 g/mol. The van der Waals surface area contributed by atoms with Crippen molar-refractivity contribution in [3.8, 4) is 11.5 Å². The van der Waals surface area contributed by atoms with E-state index in [-0.39, 0.29) is 0 Å². The maximum absolute atomic E-state index is 5.80. The molecule has 90 valence electrons. The lowest BCUT2D eigenvalue weighted by atomic mass is 10.1. The third-order valence-electron chi connectivity index (χ3n) is 3.02. The van der Waals surface area contributed by atoms with E-state index in [0.29, 0.717) is 5.89 Å². The van der Waals surface area contributed by atoms with Crippen LogP contribution in [0.3, 0.4) is 0 Å². The fourth-order valence-electron chi connectivity index (χ4n) is 2.07. The number of fused-ring (bicyclic) bond motifs is 1. The zero-order valence-corrected chi connectivity index (χ0v) is 10.4. The molecular weight excluding hydrogens is 224 g/mol. The average Bonchev–Trinajstić information content (AvgIpc) is 2.71. The van der Waals surface area contributed by atoms with E-state index < -0.39 is 0 Å². The van der Waals surface area contributed by atoms with Gasteiger partial charge in [-0.15, -0.1) is 0 Å². The van der Waals surface area contributed by atoms with Crippen LogP contribution >= 0.6 is 0 Å². The van der Waals surface area contributed by atoms with Crippen molar-refractivity contribution in [2.24, 2.45) is 0 Å². The normalized spacial score (nSPS) is 11.0. The second kappa shape index (κ2) is 3.88. The summed E-state index contributed by atoms with van der Waals surface area (Å²) in [6, 6.07) is 11.7. The van der Waals surface area contributed by atoms with Gasteiger partial charge in [-0.25, -0.2) is 4.98 Å². The third-order valence-corrected chi connectivity index (χ3v) is 3.02.